The summed E-state index contributed by atoms with van der Waals surface area (Å²) >= 11 is 11.7. The summed E-state index contributed by atoms with van der Waals surface area (Å²) in [5.74, 6) is 3.81. The second-order valence-corrected chi connectivity index (χ2v) is 13.2. The van der Waals surface area contributed by atoms with Crippen molar-refractivity contribution in [3.05, 3.63) is 80.1 Å². The van der Waals surface area contributed by atoms with Gasteiger partial charge in [0.25, 0.3) is 11.8 Å². The second kappa shape index (κ2) is 13.3. The molecule has 42 heavy (non-hydrogen) atoms. The second-order valence-electron chi connectivity index (χ2n) is 12.4. The van der Waals surface area contributed by atoms with E-state index in [1.165, 1.54) is 0 Å². The predicted molar refractivity (Wildman–Crippen MR) is 166 cm³/mol. The Kier molecular flexibility index (Phi) is 9.68. The molecule has 6 unspecified atom stereocenters. The summed E-state index contributed by atoms with van der Waals surface area (Å²) < 4.78 is 0. The van der Waals surface area contributed by atoms with E-state index in [1.807, 2.05) is 0 Å². The Morgan fingerprint density at radius 2 is 1.19 bits per heavy atom. The number of nitrogens with two attached hydrogens (primary N) is 1. The zero-order chi connectivity index (χ0) is 30.0. The van der Waals surface area contributed by atoms with Gasteiger partial charge in [0.1, 0.15) is 0 Å². The highest BCUT2D eigenvalue weighted by Gasteiger charge is 2.59. The van der Waals surface area contributed by atoms with Gasteiger partial charge in [-0.2, -0.15) is 0 Å². The quantitative estimate of drug-likeness (QED) is 0.160. The number of rotatable bonds is 9. The molecular weight excluding hydrogens is 571 g/mol. The van der Waals surface area contributed by atoms with E-state index in [0.717, 1.165) is 50.4 Å². The zero-order valence-electron chi connectivity index (χ0n) is 24.1. The molecule has 10 heteroatoms. The fourth-order valence-corrected chi connectivity index (χ4v) is 8.06. The molecule has 224 valence electrons. The number of hydrogen-bond acceptors (Lipinski definition) is 4. The van der Waals surface area contributed by atoms with Crippen molar-refractivity contribution in [3.63, 3.8) is 0 Å². The van der Waals surface area contributed by atoms with Gasteiger partial charge in [0.05, 0.1) is 0 Å². The number of amides is 2. The smallest absolute Gasteiger partial charge is 0.251 e. The average Bonchev–Trinajstić information content (AvgIpc) is 3.70. The van der Waals surface area contributed by atoms with Crippen LogP contribution in [0.4, 0.5) is 0 Å². The minimum atomic E-state index is -0.0416. The third-order valence-electron chi connectivity index (χ3n) is 9.90. The van der Waals surface area contributed by atoms with E-state index >= 15 is 0 Å². The number of nitrogens with one attached hydrogen (secondary N) is 2. The van der Waals surface area contributed by atoms with Gasteiger partial charge in [-0.1, -0.05) is 42.2 Å². The summed E-state index contributed by atoms with van der Waals surface area (Å²) in [4.78, 5) is 27.5. The van der Waals surface area contributed by atoms with Crippen molar-refractivity contribution in [2.75, 3.05) is 0 Å². The molecule has 0 bridgehead atoms. The first-order valence-corrected chi connectivity index (χ1v) is 15.9. The van der Waals surface area contributed by atoms with E-state index in [0.29, 0.717) is 50.9 Å². The molecule has 0 radical (unpaired) electrons. The van der Waals surface area contributed by atoms with Gasteiger partial charge < -0.3 is 16.4 Å². The van der Waals surface area contributed by atoms with Crippen molar-refractivity contribution in [1.82, 2.24) is 10.6 Å². The van der Waals surface area contributed by atoms with Gasteiger partial charge in [-0.25, -0.2) is 0 Å². The van der Waals surface area contributed by atoms with Crippen molar-refractivity contribution in [3.8, 4) is 0 Å². The van der Waals surface area contributed by atoms with Gasteiger partial charge in [-0.05, 0) is 128 Å². The first kappa shape index (κ1) is 30.7. The number of azide groups is 1. The minimum Gasteiger partial charge on any atom is -0.349 e. The van der Waals surface area contributed by atoms with Crippen LogP contribution in [0.1, 0.15) is 73.1 Å². The Hall–Kier alpha value is -2.77. The molecule has 4 saturated carbocycles. The molecule has 0 aliphatic heterocycles. The molecule has 4 aliphatic rings. The Bertz CT molecular complexity index is 1290. The fourth-order valence-electron chi connectivity index (χ4n) is 7.80. The van der Waals surface area contributed by atoms with Gasteiger partial charge in [0.2, 0.25) is 0 Å². The van der Waals surface area contributed by atoms with Crippen LogP contribution >= 0.6 is 23.2 Å². The van der Waals surface area contributed by atoms with Crippen molar-refractivity contribution in [2.45, 2.75) is 76.5 Å². The molecule has 0 saturated heterocycles. The SMILES string of the molecule is CCC(NC(=O)c1ccc(Cl)cc1)C1[C@H]2CC(N)C[C@@H]12.CCC(NC(=O)c1ccc(Cl)cc1)C1[C@H]2CC(N=[N+]=[N-])C[C@@H]12. The van der Waals surface area contributed by atoms with Crippen LogP contribution in [0.15, 0.2) is 53.6 Å². The number of carbonyl (C=O) groups excluding carboxylic acids is 2. The first-order chi connectivity index (χ1) is 20.2. The molecule has 4 aliphatic carbocycles. The number of carbonyl (C=O) groups is 2. The highest BCUT2D eigenvalue weighted by atomic mass is 35.5. The molecule has 4 fully saturated rings. The lowest BCUT2D eigenvalue weighted by molar-refractivity contribution is 0.0919. The molecule has 4 N–H and O–H groups in total. The fraction of sp³-hybridized carbons (Fsp3) is 0.562. The van der Waals surface area contributed by atoms with Crippen LogP contribution in [0.2, 0.25) is 10.0 Å². The first-order valence-electron chi connectivity index (χ1n) is 15.2. The largest absolute Gasteiger partial charge is 0.349 e. The average molecular weight is 612 g/mol. The molecule has 2 aromatic carbocycles. The van der Waals surface area contributed by atoms with Crippen molar-refractivity contribution < 1.29 is 9.59 Å². The van der Waals surface area contributed by atoms with E-state index in [-0.39, 0.29) is 29.9 Å². The lowest BCUT2D eigenvalue weighted by Gasteiger charge is -2.20. The van der Waals surface area contributed by atoms with Crippen LogP contribution in [0, 0.1) is 35.5 Å². The number of halogens is 2. The Balaban J connectivity index is 0.000000169. The summed E-state index contributed by atoms with van der Waals surface area (Å²) in [6.45, 7) is 4.24. The number of benzene rings is 2. The minimum absolute atomic E-state index is 0.00258. The Morgan fingerprint density at radius 3 is 1.55 bits per heavy atom. The third-order valence-corrected chi connectivity index (χ3v) is 10.4. The third kappa shape index (κ3) is 6.89. The monoisotopic (exact) mass is 610 g/mol. The maximum atomic E-state index is 12.3. The van der Waals surface area contributed by atoms with E-state index in [9.17, 15) is 9.59 Å². The standard InChI is InChI=1S/C16H19ClN4O.C16H21ClN2O/c1-2-14(15-12-7-11(20-21-18)8-13(12)15)19-16(22)9-3-5-10(17)6-4-9;1-2-14(15-12-7-11(18)8-13(12)15)19-16(20)9-3-5-10(17)6-4-9/h3-6,11-15H,2,7-8H2,1H3,(H,19,22);3-6,11-15H,2,7-8,18H2,1H3,(H,19,20)/t2*11?,12-,13+,14?,15?. The topological polar surface area (TPSA) is 133 Å². The van der Waals surface area contributed by atoms with Gasteiger partial charge in [-0.15, -0.1) is 0 Å². The number of nitrogens with zero attached hydrogens (tertiary/aromatic N) is 3. The molecule has 2 aromatic rings. The van der Waals surface area contributed by atoms with E-state index in [4.69, 9.17) is 34.5 Å². The maximum Gasteiger partial charge on any atom is 0.251 e. The van der Waals surface area contributed by atoms with Crippen LogP contribution in [0.3, 0.4) is 0 Å². The van der Waals surface area contributed by atoms with E-state index in [1.54, 1.807) is 48.5 Å². The van der Waals surface area contributed by atoms with E-state index in [2.05, 4.69) is 34.5 Å². The summed E-state index contributed by atoms with van der Waals surface area (Å²) in [5, 5.41) is 11.4. The van der Waals surface area contributed by atoms with Gasteiger partial charge >= 0.3 is 0 Å². The highest BCUT2D eigenvalue weighted by Crippen LogP contribution is 2.60. The summed E-state index contributed by atoms with van der Waals surface area (Å²) in [6.07, 6.45) is 6.08. The Labute approximate surface area is 257 Å². The van der Waals surface area contributed by atoms with Crippen LogP contribution in [0.25, 0.3) is 10.4 Å². The lowest BCUT2D eigenvalue weighted by Crippen LogP contribution is -2.38. The van der Waals surface area contributed by atoms with Crippen molar-refractivity contribution in [2.24, 2.45) is 46.4 Å². The van der Waals surface area contributed by atoms with Crippen LogP contribution < -0.4 is 16.4 Å². The summed E-state index contributed by atoms with van der Waals surface area (Å²) in [7, 11) is 0. The maximum absolute atomic E-state index is 12.3. The van der Waals surface area contributed by atoms with Crippen molar-refractivity contribution >= 4 is 35.0 Å². The molecule has 6 rings (SSSR count). The normalized spacial score (nSPS) is 31.3. The van der Waals surface area contributed by atoms with Crippen LogP contribution in [0.5, 0.6) is 0 Å². The lowest BCUT2D eigenvalue weighted by atomic mass is 9.99. The van der Waals surface area contributed by atoms with E-state index < -0.39 is 0 Å². The number of fused-ring (bicyclic) bond motifs is 2. The predicted octanol–water partition coefficient (Wildman–Crippen LogP) is 7.02. The number of hydrogen-bond donors (Lipinski definition) is 3. The summed E-state index contributed by atoms with van der Waals surface area (Å²) in [5.41, 5.74) is 15.8. The van der Waals surface area contributed by atoms with Crippen LogP contribution in [-0.2, 0) is 0 Å². The molecule has 8 nitrogen and oxygen atoms in total. The molecule has 0 heterocycles. The molecule has 2 amide bonds. The molecule has 10 atom stereocenters. The molecule has 0 spiro atoms. The molecular formula is C32H40Cl2N6O2. The van der Waals surface area contributed by atoms with Gasteiger partial charge in [0.15, 0.2) is 0 Å². The van der Waals surface area contributed by atoms with Crippen LogP contribution in [-0.4, -0.2) is 36.0 Å². The zero-order valence-corrected chi connectivity index (χ0v) is 25.6. The van der Waals surface area contributed by atoms with Crippen molar-refractivity contribution in [1.29, 1.82) is 0 Å². The summed E-state index contributed by atoms with van der Waals surface area (Å²) in [6, 6.07) is 15.0. The highest BCUT2D eigenvalue weighted by molar-refractivity contribution is 6.31. The molecule has 0 aromatic heterocycles. The Morgan fingerprint density at radius 1 is 0.810 bits per heavy atom. The van der Waals surface area contributed by atoms with Gasteiger partial charge in [-0.3, -0.25) is 9.59 Å². The van der Waals surface area contributed by atoms with Gasteiger partial charge in [0, 0.05) is 50.3 Å².